The molecule has 1 aromatic rings. The molecule has 0 aromatic heterocycles. The Labute approximate surface area is 130 Å². The normalized spacial score (nSPS) is 18.5. The number of carbonyl (C=O) groups excluding carboxylic acids is 1. The number of methoxy groups -OCH3 is 1. The van der Waals surface area contributed by atoms with Crippen LogP contribution in [0.2, 0.25) is 0 Å². The number of hydrogen-bond donors (Lipinski definition) is 1. The van der Waals surface area contributed by atoms with Gasteiger partial charge in [-0.3, -0.25) is 0 Å². The molecule has 22 heavy (non-hydrogen) atoms. The third-order valence-corrected chi connectivity index (χ3v) is 3.54. The van der Waals surface area contributed by atoms with Gasteiger partial charge in [0.2, 0.25) is 0 Å². The smallest absolute Gasteiger partial charge is 0.410 e. The van der Waals surface area contributed by atoms with Crippen molar-refractivity contribution in [1.29, 1.82) is 0 Å². The van der Waals surface area contributed by atoms with Crippen molar-refractivity contribution in [3.8, 4) is 5.75 Å². The summed E-state index contributed by atoms with van der Waals surface area (Å²) in [6.45, 7) is 6.20. The fraction of sp³-hybridized carbons (Fsp3) is 0.562. The molecule has 1 amide bonds. The molecule has 0 radical (unpaired) electrons. The molecule has 122 valence electrons. The van der Waals surface area contributed by atoms with Crippen LogP contribution in [0.5, 0.6) is 5.75 Å². The van der Waals surface area contributed by atoms with Gasteiger partial charge in [-0.1, -0.05) is 0 Å². The van der Waals surface area contributed by atoms with Gasteiger partial charge in [0.15, 0.2) is 0 Å². The number of rotatable bonds is 1. The molecule has 0 bridgehead atoms. The number of amides is 1. The lowest BCUT2D eigenvalue weighted by molar-refractivity contribution is 0.0234. The van der Waals surface area contributed by atoms with Gasteiger partial charge in [-0.2, -0.15) is 0 Å². The summed E-state index contributed by atoms with van der Waals surface area (Å²) in [5.41, 5.74) is 6.98. The molecule has 5 nitrogen and oxygen atoms in total. The molecule has 1 aliphatic rings. The van der Waals surface area contributed by atoms with Gasteiger partial charge in [0, 0.05) is 24.2 Å². The lowest BCUT2D eigenvalue weighted by Crippen LogP contribution is -2.36. The molecule has 0 saturated heterocycles. The second-order valence-corrected chi connectivity index (χ2v) is 6.47. The van der Waals surface area contributed by atoms with Gasteiger partial charge in [-0.25, -0.2) is 9.18 Å². The van der Waals surface area contributed by atoms with Crippen LogP contribution in [-0.2, 0) is 11.3 Å². The summed E-state index contributed by atoms with van der Waals surface area (Å²) in [5, 5.41) is 0. The predicted molar refractivity (Wildman–Crippen MR) is 81.1 cm³/mol. The molecule has 1 heterocycles. The number of halogens is 1. The largest absolute Gasteiger partial charge is 0.496 e. The molecule has 1 aliphatic heterocycles. The van der Waals surface area contributed by atoms with Crippen LogP contribution >= 0.6 is 0 Å². The van der Waals surface area contributed by atoms with Crippen LogP contribution in [0.3, 0.4) is 0 Å². The van der Waals surface area contributed by atoms with E-state index >= 15 is 0 Å². The van der Waals surface area contributed by atoms with Crippen LogP contribution in [0.15, 0.2) is 12.1 Å². The third-order valence-electron chi connectivity index (χ3n) is 3.54. The van der Waals surface area contributed by atoms with Gasteiger partial charge < -0.3 is 20.1 Å². The Balaban J connectivity index is 2.33. The zero-order valence-electron chi connectivity index (χ0n) is 13.5. The summed E-state index contributed by atoms with van der Waals surface area (Å²) in [6.07, 6.45) is 0.137. The van der Waals surface area contributed by atoms with E-state index in [9.17, 15) is 9.18 Å². The highest BCUT2D eigenvalue weighted by molar-refractivity contribution is 5.68. The SMILES string of the molecule is COc1cc(F)cc2c1CN(C(=O)OC(C)(C)C)CC[C@@H]2N. The number of nitrogens with two attached hydrogens (primary N) is 1. The van der Waals surface area contributed by atoms with Crippen molar-refractivity contribution in [2.75, 3.05) is 13.7 Å². The van der Waals surface area contributed by atoms with Gasteiger partial charge in [-0.15, -0.1) is 0 Å². The van der Waals surface area contributed by atoms with E-state index in [-0.39, 0.29) is 6.04 Å². The van der Waals surface area contributed by atoms with E-state index in [2.05, 4.69) is 0 Å². The Kier molecular flexibility index (Phi) is 4.60. The molecule has 1 aromatic carbocycles. The molecule has 2 rings (SSSR count). The first-order chi connectivity index (χ1) is 10.2. The van der Waals surface area contributed by atoms with Crippen molar-refractivity contribution in [3.63, 3.8) is 0 Å². The van der Waals surface area contributed by atoms with Gasteiger partial charge in [0.1, 0.15) is 17.2 Å². The van der Waals surface area contributed by atoms with E-state index in [1.54, 1.807) is 4.90 Å². The summed E-state index contributed by atoms with van der Waals surface area (Å²) in [6, 6.07) is 2.39. The Bertz CT molecular complexity index is 569. The third kappa shape index (κ3) is 3.68. The van der Waals surface area contributed by atoms with Crippen LogP contribution < -0.4 is 10.5 Å². The summed E-state index contributed by atoms with van der Waals surface area (Å²) < 4.78 is 24.3. The average molecular weight is 310 g/mol. The maximum absolute atomic E-state index is 13.7. The Morgan fingerprint density at radius 2 is 2.09 bits per heavy atom. The second kappa shape index (κ2) is 6.12. The second-order valence-electron chi connectivity index (χ2n) is 6.47. The van der Waals surface area contributed by atoms with E-state index in [0.717, 1.165) is 5.56 Å². The average Bonchev–Trinajstić information content (AvgIpc) is 2.56. The van der Waals surface area contributed by atoms with Crippen LogP contribution in [0.25, 0.3) is 0 Å². The van der Waals surface area contributed by atoms with Gasteiger partial charge in [-0.05, 0) is 38.8 Å². The van der Waals surface area contributed by atoms with Gasteiger partial charge in [0.25, 0.3) is 0 Å². The van der Waals surface area contributed by atoms with E-state index in [1.807, 2.05) is 20.8 Å². The highest BCUT2D eigenvalue weighted by atomic mass is 19.1. The summed E-state index contributed by atoms with van der Waals surface area (Å²) in [4.78, 5) is 13.9. The molecular weight excluding hydrogens is 287 g/mol. The maximum Gasteiger partial charge on any atom is 0.410 e. The fourth-order valence-corrected chi connectivity index (χ4v) is 2.52. The van der Waals surface area contributed by atoms with Crippen LogP contribution in [-0.4, -0.2) is 30.2 Å². The number of nitrogens with zero attached hydrogens (tertiary/aromatic N) is 1. The van der Waals surface area contributed by atoms with E-state index in [0.29, 0.717) is 30.8 Å². The van der Waals surface area contributed by atoms with Gasteiger partial charge in [0.05, 0.1) is 13.7 Å². The molecule has 2 N–H and O–H groups in total. The highest BCUT2D eigenvalue weighted by Crippen LogP contribution is 2.33. The summed E-state index contributed by atoms with van der Waals surface area (Å²) in [7, 11) is 1.48. The monoisotopic (exact) mass is 310 g/mol. The number of benzene rings is 1. The molecule has 0 unspecified atom stereocenters. The van der Waals surface area contributed by atoms with Gasteiger partial charge >= 0.3 is 6.09 Å². The zero-order valence-corrected chi connectivity index (χ0v) is 13.5. The molecule has 1 atom stereocenters. The number of carbonyl (C=O) groups is 1. The molecule has 6 heteroatoms. The summed E-state index contributed by atoms with van der Waals surface area (Å²) in [5.74, 6) is 0.0117. The fourth-order valence-electron chi connectivity index (χ4n) is 2.52. The molecule has 0 saturated carbocycles. The molecule has 0 aliphatic carbocycles. The van der Waals surface area contributed by atoms with E-state index < -0.39 is 17.5 Å². The number of ether oxygens (including phenoxy) is 2. The minimum absolute atomic E-state index is 0.293. The lowest BCUT2D eigenvalue weighted by atomic mass is 9.99. The Morgan fingerprint density at radius 1 is 1.41 bits per heavy atom. The lowest BCUT2D eigenvalue weighted by Gasteiger charge is -2.27. The Hall–Kier alpha value is -1.82. The standard InChI is InChI=1S/C16H23FN2O3/c1-16(2,3)22-15(20)19-6-5-13(18)11-7-10(17)8-14(21-4)12(11)9-19/h7-8,13H,5-6,9,18H2,1-4H3/t13-/m0/s1. The van der Waals surface area contributed by atoms with Crippen LogP contribution in [0.1, 0.15) is 44.4 Å². The van der Waals surface area contributed by atoms with Crippen LogP contribution in [0, 0.1) is 5.82 Å². The minimum atomic E-state index is -0.568. The topological polar surface area (TPSA) is 64.8 Å². The van der Waals surface area contributed by atoms with Crippen molar-refractivity contribution >= 4 is 6.09 Å². The van der Waals surface area contributed by atoms with Crippen molar-refractivity contribution < 1.29 is 18.7 Å². The molecular formula is C16H23FN2O3. The molecule has 0 spiro atoms. The Morgan fingerprint density at radius 3 is 2.68 bits per heavy atom. The van der Waals surface area contributed by atoms with Crippen molar-refractivity contribution in [2.45, 2.75) is 45.4 Å². The minimum Gasteiger partial charge on any atom is -0.496 e. The predicted octanol–water partition coefficient (Wildman–Crippen LogP) is 2.97. The zero-order chi connectivity index (χ0) is 16.5. The van der Waals surface area contributed by atoms with Crippen molar-refractivity contribution in [1.82, 2.24) is 4.90 Å². The quantitative estimate of drug-likeness (QED) is 0.866. The first-order valence-corrected chi connectivity index (χ1v) is 7.31. The number of fused-ring (bicyclic) bond motifs is 1. The summed E-state index contributed by atoms with van der Waals surface area (Å²) >= 11 is 0. The molecule has 0 fully saturated rings. The van der Waals surface area contributed by atoms with Crippen LogP contribution in [0.4, 0.5) is 9.18 Å². The van der Waals surface area contributed by atoms with Crippen molar-refractivity contribution in [2.24, 2.45) is 5.73 Å². The number of hydrogen-bond acceptors (Lipinski definition) is 4. The van der Waals surface area contributed by atoms with E-state index in [4.69, 9.17) is 15.2 Å². The first-order valence-electron chi connectivity index (χ1n) is 7.31. The maximum atomic E-state index is 13.7. The van der Waals surface area contributed by atoms with E-state index in [1.165, 1.54) is 19.2 Å². The highest BCUT2D eigenvalue weighted by Gasteiger charge is 2.29. The van der Waals surface area contributed by atoms with Crippen molar-refractivity contribution in [3.05, 3.63) is 29.1 Å². The first kappa shape index (κ1) is 16.5.